The van der Waals surface area contributed by atoms with E-state index in [4.69, 9.17) is 21.1 Å². The Hall–Kier alpha value is -3.03. The predicted octanol–water partition coefficient (Wildman–Crippen LogP) is 6.10. The number of halogens is 1. The van der Waals surface area contributed by atoms with Gasteiger partial charge in [-0.25, -0.2) is 0 Å². The zero-order valence-corrected chi connectivity index (χ0v) is 23.1. The van der Waals surface area contributed by atoms with Crippen molar-refractivity contribution < 1.29 is 19.1 Å². The molecule has 1 aliphatic heterocycles. The molecule has 0 bridgehead atoms. The third kappa shape index (κ3) is 6.65. The molecule has 0 saturated carbocycles. The van der Waals surface area contributed by atoms with Gasteiger partial charge < -0.3 is 19.3 Å². The summed E-state index contributed by atoms with van der Waals surface area (Å²) < 4.78 is 11.3. The normalized spacial score (nSPS) is 15.6. The van der Waals surface area contributed by atoms with Crippen LogP contribution in [0, 0.1) is 5.92 Å². The van der Waals surface area contributed by atoms with E-state index in [0.717, 1.165) is 18.4 Å². The lowest BCUT2D eigenvalue weighted by atomic mass is 10.00. The van der Waals surface area contributed by atoms with Gasteiger partial charge in [0.2, 0.25) is 5.91 Å². The summed E-state index contributed by atoms with van der Waals surface area (Å²) in [5.41, 5.74) is 1.66. The number of ether oxygens (including phenoxy) is 2. The number of benzene rings is 2. The third-order valence-electron chi connectivity index (χ3n) is 6.82. The Morgan fingerprint density at radius 1 is 1.11 bits per heavy atom. The number of hydrogen-bond donors (Lipinski definition) is 0. The minimum absolute atomic E-state index is 0.0200. The van der Waals surface area contributed by atoms with E-state index < -0.39 is 0 Å². The van der Waals surface area contributed by atoms with E-state index in [-0.39, 0.29) is 30.3 Å². The van der Waals surface area contributed by atoms with E-state index in [1.807, 2.05) is 17.0 Å². The summed E-state index contributed by atoms with van der Waals surface area (Å²) in [4.78, 5) is 32.1. The molecule has 2 amide bonds. The monoisotopic (exact) mass is 540 g/mol. The summed E-state index contributed by atoms with van der Waals surface area (Å²) in [6.07, 6.45) is 1.72. The molecule has 196 valence electrons. The number of carbonyl (C=O) groups is 2. The van der Waals surface area contributed by atoms with E-state index in [2.05, 4.69) is 25.3 Å². The zero-order valence-electron chi connectivity index (χ0n) is 21.5. The summed E-state index contributed by atoms with van der Waals surface area (Å²) in [5, 5.41) is 2.71. The van der Waals surface area contributed by atoms with Crippen LogP contribution >= 0.6 is 22.9 Å². The van der Waals surface area contributed by atoms with Gasteiger partial charge >= 0.3 is 0 Å². The SMILES string of the molecule is CC[C@@H](C)CN(CC(=O)N1CCc2sccc2[C@@H]1COc1ccc(Cl)cc1)C(=O)c1ccc(OC)cc1. The molecule has 0 aliphatic carbocycles. The van der Waals surface area contributed by atoms with Gasteiger partial charge in [-0.1, -0.05) is 31.9 Å². The maximum atomic E-state index is 13.8. The molecule has 0 fully saturated rings. The van der Waals surface area contributed by atoms with Crippen molar-refractivity contribution in [1.29, 1.82) is 0 Å². The molecular formula is C29H33ClN2O4S. The fraction of sp³-hybridized carbons (Fsp3) is 0.379. The van der Waals surface area contributed by atoms with Gasteiger partial charge in [0.1, 0.15) is 24.7 Å². The highest BCUT2D eigenvalue weighted by atomic mass is 35.5. The second-order valence-electron chi connectivity index (χ2n) is 9.34. The average molecular weight is 541 g/mol. The van der Waals surface area contributed by atoms with Crippen molar-refractivity contribution in [2.45, 2.75) is 32.7 Å². The molecule has 1 aromatic heterocycles. The van der Waals surface area contributed by atoms with Gasteiger partial charge in [-0.05, 0) is 77.9 Å². The number of fused-ring (bicyclic) bond motifs is 1. The first-order chi connectivity index (χ1) is 17.9. The first kappa shape index (κ1) is 27.0. The van der Waals surface area contributed by atoms with Gasteiger partial charge in [0, 0.05) is 28.6 Å². The Morgan fingerprint density at radius 3 is 2.49 bits per heavy atom. The Balaban J connectivity index is 1.53. The maximum Gasteiger partial charge on any atom is 0.254 e. The molecular weight excluding hydrogens is 508 g/mol. The van der Waals surface area contributed by atoms with Crippen LogP contribution in [0.1, 0.15) is 47.1 Å². The van der Waals surface area contributed by atoms with E-state index in [1.54, 1.807) is 59.7 Å². The average Bonchev–Trinajstić information content (AvgIpc) is 3.41. The van der Waals surface area contributed by atoms with Crippen molar-refractivity contribution in [2.75, 3.05) is 33.4 Å². The van der Waals surface area contributed by atoms with Crippen LogP contribution in [0.3, 0.4) is 0 Å². The minimum atomic E-state index is -0.222. The Bertz CT molecular complexity index is 1200. The van der Waals surface area contributed by atoms with Crippen LogP contribution in [-0.2, 0) is 11.2 Å². The lowest BCUT2D eigenvalue weighted by Gasteiger charge is -2.37. The summed E-state index contributed by atoms with van der Waals surface area (Å²) in [5.74, 6) is 1.42. The zero-order chi connectivity index (χ0) is 26.4. The van der Waals surface area contributed by atoms with Crippen molar-refractivity contribution in [3.05, 3.63) is 81.0 Å². The number of methoxy groups -OCH3 is 1. The Morgan fingerprint density at radius 2 is 1.81 bits per heavy atom. The smallest absolute Gasteiger partial charge is 0.254 e. The summed E-state index contributed by atoms with van der Waals surface area (Å²) in [6, 6.07) is 16.1. The molecule has 0 radical (unpaired) electrons. The number of nitrogens with zero attached hydrogens (tertiary/aromatic N) is 2. The first-order valence-electron chi connectivity index (χ1n) is 12.6. The van der Waals surface area contributed by atoms with Crippen LogP contribution < -0.4 is 9.47 Å². The molecule has 1 aliphatic rings. The molecule has 2 atom stereocenters. The quantitative estimate of drug-likeness (QED) is 0.311. The van der Waals surface area contributed by atoms with Crippen molar-refractivity contribution in [1.82, 2.24) is 9.80 Å². The van der Waals surface area contributed by atoms with Crippen molar-refractivity contribution in [3.8, 4) is 11.5 Å². The summed E-state index contributed by atoms with van der Waals surface area (Å²) in [7, 11) is 1.59. The highest BCUT2D eigenvalue weighted by Gasteiger charge is 2.34. The highest BCUT2D eigenvalue weighted by Crippen LogP contribution is 2.34. The second kappa shape index (κ2) is 12.5. The van der Waals surface area contributed by atoms with Crippen LogP contribution in [0.4, 0.5) is 0 Å². The van der Waals surface area contributed by atoms with Crippen LogP contribution in [0.25, 0.3) is 0 Å². The van der Waals surface area contributed by atoms with Gasteiger partial charge in [0.25, 0.3) is 5.91 Å². The van der Waals surface area contributed by atoms with Crippen molar-refractivity contribution in [3.63, 3.8) is 0 Å². The maximum absolute atomic E-state index is 13.8. The van der Waals surface area contributed by atoms with Gasteiger partial charge in [-0.2, -0.15) is 0 Å². The van der Waals surface area contributed by atoms with Gasteiger partial charge in [0.05, 0.1) is 13.2 Å². The van der Waals surface area contributed by atoms with Gasteiger partial charge in [-0.15, -0.1) is 11.3 Å². The fourth-order valence-corrected chi connectivity index (χ4v) is 5.53. The Kier molecular flexibility index (Phi) is 9.11. The molecule has 6 nitrogen and oxygen atoms in total. The van der Waals surface area contributed by atoms with Crippen LogP contribution in [0.5, 0.6) is 11.5 Å². The van der Waals surface area contributed by atoms with E-state index in [0.29, 0.717) is 41.8 Å². The molecule has 0 spiro atoms. The number of carbonyl (C=O) groups excluding carboxylic acids is 2. The van der Waals surface area contributed by atoms with E-state index >= 15 is 0 Å². The molecule has 2 heterocycles. The molecule has 2 aromatic carbocycles. The number of rotatable bonds is 10. The summed E-state index contributed by atoms with van der Waals surface area (Å²) >= 11 is 7.72. The second-order valence-corrected chi connectivity index (χ2v) is 10.8. The topological polar surface area (TPSA) is 59.1 Å². The lowest BCUT2D eigenvalue weighted by molar-refractivity contribution is -0.135. The number of hydrogen-bond acceptors (Lipinski definition) is 5. The third-order valence-corrected chi connectivity index (χ3v) is 8.06. The lowest BCUT2D eigenvalue weighted by Crippen LogP contribution is -2.48. The van der Waals surface area contributed by atoms with Gasteiger partial charge in [-0.3, -0.25) is 9.59 Å². The first-order valence-corrected chi connectivity index (χ1v) is 13.8. The van der Waals surface area contributed by atoms with Crippen molar-refractivity contribution >= 4 is 34.8 Å². The molecule has 8 heteroatoms. The van der Waals surface area contributed by atoms with Crippen LogP contribution in [0.2, 0.25) is 5.02 Å². The number of amides is 2. The highest BCUT2D eigenvalue weighted by molar-refractivity contribution is 7.10. The Labute approximate surface area is 227 Å². The van der Waals surface area contributed by atoms with Crippen LogP contribution in [-0.4, -0.2) is 55.0 Å². The van der Waals surface area contributed by atoms with Gasteiger partial charge in [0.15, 0.2) is 0 Å². The van der Waals surface area contributed by atoms with Crippen molar-refractivity contribution in [2.24, 2.45) is 5.92 Å². The largest absolute Gasteiger partial charge is 0.497 e. The van der Waals surface area contributed by atoms with E-state index in [9.17, 15) is 9.59 Å². The molecule has 0 unspecified atom stereocenters. The molecule has 0 saturated heterocycles. The summed E-state index contributed by atoms with van der Waals surface area (Å²) in [6.45, 7) is 5.64. The number of thiophene rings is 1. The molecule has 37 heavy (non-hydrogen) atoms. The molecule has 4 rings (SSSR count). The van der Waals surface area contributed by atoms with Crippen LogP contribution in [0.15, 0.2) is 60.0 Å². The molecule has 0 N–H and O–H groups in total. The standard InChI is InChI=1S/C29H33ClN2O4S/c1-4-20(2)17-31(29(34)21-5-9-23(35-3)10-6-21)18-28(33)32-15-13-27-25(14-16-37-27)26(32)19-36-24-11-7-22(30)8-12-24/h5-12,14,16,20,26H,4,13,15,17-19H2,1-3H3/t20-,26+/m1/s1. The minimum Gasteiger partial charge on any atom is -0.497 e. The van der Waals surface area contributed by atoms with E-state index in [1.165, 1.54) is 4.88 Å². The predicted molar refractivity (Wildman–Crippen MR) is 148 cm³/mol. The fourth-order valence-electron chi connectivity index (χ4n) is 4.48. The molecule has 3 aromatic rings.